The molecule has 94 valence electrons. The van der Waals surface area contributed by atoms with Crippen LogP contribution in [-0.4, -0.2) is 23.2 Å². The lowest BCUT2D eigenvalue weighted by Gasteiger charge is -2.16. The number of rotatable bonds is 5. The third-order valence-corrected chi connectivity index (χ3v) is 2.52. The van der Waals surface area contributed by atoms with E-state index in [2.05, 4.69) is 29.5 Å². The van der Waals surface area contributed by atoms with E-state index in [-0.39, 0.29) is 0 Å². The molecular formula is C12H19N3OS. The summed E-state index contributed by atoms with van der Waals surface area (Å²) in [4.78, 5) is 4.09. The molecule has 1 aromatic rings. The molecule has 1 aromatic heterocycles. The van der Waals surface area contributed by atoms with E-state index < -0.39 is 0 Å². The van der Waals surface area contributed by atoms with Gasteiger partial charge in [-0.25, -0.2) is 4.98 Å². The third kappa shape index (κ3) is 4.99. The predicted molar refractivity (Wildman–Crippen MR) is 74.5 cm³/mol. The molecule has 0 aliphatic heterocycles. The molecule has 0 aliphatic carbocycles. The molecule has 0 spiro atoms. The number of aromatic nitrogens is 1. The number of ether oxygens (including phenoxy) is 1. The Morgan fingerprint density at radius 2 is 2.29 bits per heavy atom. The minimum absolute atomic E-state index is 0.381. The summed E-state index contributed by atoms with van der Waals surface area (Å²) in [5.41, 5.74) is 0.854. The van der Waals surface area contributed by atoms with Gasteiger partial charge in [0.25, 0.3) is 0 Å². The summed E-state index contributed by atoms with van der Waals surface area (Å²) in [6.45, 7) is 4.27. The summed E-state index contributed by atoms with van der Waals surface area (Å²) in [5.74, 6) is 0.591. The van der Waals surface area contributed by atoms with Gasteiger partial charge < -0.3 is 15.4 Å². The van der Waals surface area contributed by atoms with E-state index in [4.69, 9.17) is 17.0 Å². The van der Waals surface area contributed by atoms with Crippen LogP contribution >= 0.6 is 12.2 Å². The highest BCUT2D eigenvalue weighted by Gasteiger charge is 2.03. The van der Waals surface area contributed by atoms with Crippen molar-refractivity contribution in [3.63, 3.8) is 0 Å². The number of pyridine rings is 1. The Balaban J connectivity index is 2.44. The highest BCUT2D eigenvalue weighted by Crippen LogP contribution is 2.10. The van der Waals surface area contributed by atoms with Gasteiger partial charge in [-0.1, -0.05) is 13.3 Å². The van der Waals surface area contributed by atoms with Crippen LogP contribution < -0.4 is 15.4 Å². The number of hydrogen-bond donors (Lipinski definition) is 2. The standard InChI is InChI=1S/C12H19N3OS/c1-4-5-9(2)14-12(17)15-10-6-7-11(16-3)13-8-10/h6-9H,4-5H2,1-3H3,(H2,14,15,17). The molecule has 1 rings (SSSR count). The van der Waals surface area contributed by atoms with Crippen LogP contribution in [0.3, 0.4) is 0 Å². The average molecular weight is 253 g/mol. The molecule has 0 radical (unpaired) electrons. The van der Waals surface area contributed by atoms with Crippen molar-refractivity contribution < 1.29 is 4.74 Å². The van der Waals surface area contributed by atoms with Crippen molar-refractivity contribution >= 4 is 23.0 Å². The van der Waals surface area contributed by atoms with E-state index in [1.807, 2.05) is 6.07 Å². The Hall–Kier alpha value is -1.36. The van der Waals surface area contributed by atoms with Gasteiger partial charge in [0.05, 0.1) is 19.0 Å². The van der Waals surface area contributed by atoms with Gasteiger partial charge in [-0.05, 0) is 31.6 Å². The maximum Gasteiger partial charge on any atom is 0.213 e. The molecular weight excluding hydrogens is 234 g/mol. The highest BCUT2D eigenvalue weighted by atomic mass is 32.1. The Kier molecular flexibility index (Phi) is 5.69. The highest BCUT2D eigenvalue weighted by molar-refractivity contribution is 7.80. The number of nitrogens with zero attached hydrogens (tertiary/aromatic N) is 1. The number of anilines is 1. The fraction of sp³-hybridized carbons (Fsp3) is 0.500. The normalized spacial score (nSPS) is 11.7. The Morgan fingerprint density at radius 3 is 2.82 bits per heavy atom. The molecule has 0 bridgehead atoms. The summed E-state index contributed by atoms with van der Waals surface area (Å²) < 4.78 is 4.98. The minimum Gasteiger partial charge on any atom is -0.481 e. The van der Waals surface area contributed by atoms with Gasteiger partial charge in [0.2, 0.25) is 5.88 Å². The van der Waals surface area contributed by atoms with E-state index in [0.717, 1.165) is 18.5 Å². The van der Waals surface area contributed by atoms with Crippen LogP contribution in [0, 0.1) is 0 Å². The monoisotopic (exact) mass is 253 g/mol. The van der Waals surface area contributed by atoms with Gasteiger partial charge >= 0.3 is 0 Å². The van der Waals surface area contributed by atoms with Crippen LogP contribution in [0.25, 0.3) is 0 Å². The van der Waals surface area contributed by atoms with Crippen LogP contribution in [0.4, 0.5) is 5.69 Å². The van der Waals surface area contributed by atoms with E-state index in [1.165, 1.54) is 0 Å². The fourth-order valence-electron chi connectivity index (χ4n) is 1.47. The quantitative estimate of drug-likeness (QED) is 0.790. The second kappa shape index (κ2) is 7.06. The Bertz CT molecular complexity index is 353. The topological polar surface area (TPSA) is 46.2 Å². The smallest absolute Gasteiger partial charge is 0.213 e. The second-order valence-electron chi connectivity index (χ2n) is 3.88. The first-order chi connectivity index (χ1) is 8.15. The molecule has 1 heterocycles. The van der Waals surface area contributed by atoms with Crippen molar-refractivity contribution in [2.24, 2.45) is 0 Å². The third-order valence-electron chi connectivity index (χ3n) is 2.30. The van der Waals surface area contributed by atoms with Gasteiger partial charge in [-0.15, -0.1) is 0 Å². The number of nitrogens with one attached hydrogen (secondary N) is 2. The second-order valence-corrected chi connectivity index (χ2v) is 4.29. The van der Waals surface area contributed by atoms with Crippen molar-refractivity contribution in [3.05, 3.63) is 18.3 Å². The summed E-state index contributed by atoms with van der Waals surface area (Å²) >= 11 is 5.21. The zero-order valence-electron chi connectivity index (χ0n) is 10.5. The van der Waals surface area contributed by atoms with Crippen molar-refractivity contribution in [2.45, 2.75) is 32.7 Å². The molecule has 17 heavy (non-hydrogen) atoms. The van der Waals surface area contributed by atoms with Gasteiger partial charge in [-0.2, -0.15) is 0 Å². The lowest BCUT2D eigenvalue weighted by atomic mass is 10.2. The van der Waals surface area contributed by atoms with Crippen molar-refractivity contribution in [1.29, 1.82) is 0 Å². The molecule has 1 unspecified atom stereocenters. The number of hydrogen-bond acceptors (Lipinski definition) is 3. The summed E-state index contributed by atoms with van der Waals surface area (Å²) in [6, 6.07) is 4.05. The lowest BCUT2D eigenvalue weighted by Crippen LogP contribution is -2.35. The van der Waals surface area contributed by atoms with Crippen molar-refractivity contribution in [2.75, 3.05) is 12.4 Å². The van der Waals surface area contributed by atoms with Crippen LogP contribution in [-0.2, 0) is 0 Å². The van der Waals surface area contributed by atoms with Crippen molar-refractivity contribution in [1.82, 2.24) is 10.3 Å². The Labute approximate surface area is 108 Å². The largest absolute Gasteiger partial charge is 0.481 e. The maximum absolute atomic E-state index is 5.21. The molecule has 0 aromatic carbocycles. The Morgan fingerprint density at radius 1 is 1.53 bits per heavy atom. The maximum atomic E-state index is 5.21. The zero-order chi connectivity index (χ0) is 12.7. The van der Waals surface area contributed by atoms with E-state index >= 15 is 0 Å². The van der Waals surface area contributed by atoms with E-state index in [1.54, 1.807) is 19.4 Å². The molecule has 0 saturated carbocycles. The molecule has 0 aliphatic rings. The minimum atomic E-state index is 0.381. The molecule has 0 fully saturated rings. The first kappa shape index (κ1) is 13.7. The lowest BCUT2D eigenvalue weighted by molar-refractivity contribution is 0.398. The summed E-state index contributed by atoms with van der Waals surface area (Å²) in [6.07, 6.45) is 3.93. The van der Waals surface area contributed by atoms with Gasteiger partial charge in [-0.3, -0.25) is 0 Å². The first-order valence-electron chi connectivity index (χ1n) is 5.73. The molecule has 1 atom stereocenters. The molecule has 2 N–H and O–H groups in total. The van der Waals surface area contributed by atoms with E-state index in [9.17, 15) is 0 Å². The summed E-state index contributed by atoms with van der Waals surface area (Å²) in [5, 5.41) is 6.93. The SMILES string of the molecule is CCCC(C)NC(=S)Nc1ccc(OC)nc1. The van der Waals surface area contributed by atoms with Crippen LogP contribution in [0.2, 0.25) is 0 Å². The van der Waals surface area contributed by atoms with Crippen LogP contribution in [0.5, 0.6) is 5.88 Å². The molecule has 0 amide bonds. The summed E-state index contributed by atoms with van der Waals surface area (Å²) in [7, 11) is 1.59. The van der Waals surface area contributed by atoms with Gasteiger partial charge in [0.15, 0.2) is 5.11 Å². The molecule has 5 heteroatoms. The van der Waals surface area contributed by atoms with E-state index in [0.29, 0.717) is 17.0 Å². The molecule has 0 saturated heterocycles. The average Bonchev–Trinajstić information content (AvgIpc) is 2.30. The van der Waals surface area contributed by atoms with Crippen LogP contribution in [0.1, 0.15) is 26.7 Å². The van der Waals surface area contributed by atoms with Gasteiger partial charge in [0, 0.05) is 12.1 Å². The number of methoxy groups -OCH3 is 1. The predicted octanol–water partition coefficient (Wildman–Crippen LogP) is 2.57. The van der Waals surface area contributed by atoms with Gasteiger partial charge in [0.1, 0.15) is 0 Å². The molecule has 4 nitrogen and oxygen atoms in total. The fourth-order valence-corrected chi connectivity index (χ4v) is 1.79. The van der Waals surface area contributed by atoms with Crippen molar-refractivity contribution in [3.8, 4) is 5.88 Å². The zero-order valence-corrected chi connectivity index (χ0v) is 11.3. The van der Waals surface area contributed by atoms with Crippen LogP contribution in [0.15, 0.2) is 18.3 Å². The number of thiocarbonyl (C=S) groups is 1. The first-order valence-corrected chi connectivity index (χ1v) is 6.14.